The first kappa shape index (κ1) is 15.6. The molecule has 0 bridgehead atoms. The molecule has 23 heavy (non-hydrogen) atoms. The SMILES string of the molecule is Cc1ccc([SH](=O)(C=O)n2ccc3c(C(C)O)cccc32)cc1. The van der Waals surface area contributed by atoms with Crippen molar-refractivity contribution in [2.24, 2.45) is 0 Å². The fraction of sp³-hybridized carbons (Fsp3) is 0.167. The number of carbonyl (C=O) groups excluding carboxylic acids is 1. The quantitative estimate of drug-likeness (QED) is 0.571. The summed E-state index contributed by atoms with van der Waals surface area (Å²) in [5.74, 6) is 0. The van der Waals surface area contributed by atoms with Crippen LogP contribution in [0.25, 0.3) is 10.9 Å². The number of aryl methyl sites for hydroxylation is 1. The van der Waals surface area contributed by atoms with Crippen LogP contribution in [0.4, 0.5) is 0 Å². The highest BCUT2D eigenvalue weighted by atomic mass is 32.3. The molecule has 0 saturated heterocycles. The van der Waals surface area contributed by atoms with E-state index in [0.717, 1.165) is 16.5 Å². The summed E-state index contributed by atoms with van der Waals surface area (Å²) >= 11 is 0. The number of fused-ring (bicyclic) bond motifs is 1. The lowest BCUT2D eigenvalue weighted by atomic mass is 10.1. The number of aliphatic hydroxyl groups is 1. The van der Waals surface area contributed by atoms with Gasteiger partial charge in [0, 0.05) is 26.6 Å². The minimum absolute atomic E-state index is 0.498. The van der Waals surface area contributed by atoms with Crippen molar-refractivity contribution in [3.63, 3.8) is 0 Å². The number of hydrogen-bond donors (Lipinski definition) is 2. The van der Waals surface area contributed by atoms with Crippen molar-refractivity contribution in [3.8, 4) is 0 Å². The van der Waals surface area contributed by atoms with E-state index in [0.29, 0.717) is 16.0 Å². The summed E-state index contributed by atoms with van der Waals surface area (Å²) in [6.45, 7) is 3.63. The van der Waals surface area contributed by atoms with E-state index in [1.165, 1.54) is 3.97 Å². The summed E-state index contributed by atoms with van der Waals surface area (Å²) in [6, 6.07) is 14.4. The fourth-order valence-electron chi connectivity index (χ4n) is 2.79. The van der Waals surface area contributed by atoms with Crippen LogP contribution in [0, 0.1) is 6.92 Å². The van der Waals surface area contributed by atoms with Crippen molar-refractivity contribution in [2.75, 3.05) is 0 Å². The first-order valence-electron chi connectivity index (χ1n) is 7.39. The third kappa shape index (κ3) is 2.52. The molecule has 0 aliphatic rings. The zero-order valence-corrected chi connectivity index (χ0v) is 13.9. The van der Waals surface area contributed by atoms with Crippen molar-refractivity contribution < 1.29 is 14.1 Å². The smallest absolute Gasteiger partial charge is 0.203 e. The maximum Gasteiger partial charge on any atom is 0.203 e. The van der Waals surface area contributed by atoms with E-state index in [4.69, 9.17) is 0 Å². The van der Waals surface area contributed by atoms with Gasteiger partial charge in [0.2, 0.25) is 5.62 Å². The Balaban J connectivity index is 2.25. The van der Waals surface area contributed by atoms with Gasteiger partial charge in [-0.3, -0.25) is 13.0 Å². The minimum Gasteiger partial charge on any atom is -0.389 e. The Morgan fingerprint density at radius 3 is 2.43 bits per heavy atom. The van der Waals surface area contributed by atoms with Gasteiger partial charge in [-0.2, -0.15) is 0 Å². The Morgan fingerprint density at radius 1 is 1.13 bits per heavy atom. The van der Waals surface area contributed by atoms with Crippen LogP contribution < -0.4 is 0 Å². The molecule has 0 saturated carbocycles. The molecule has 3 rings (SSSR count). The molecule has 1 unspecified atom stereocenters. The number of rotatable bonds is 4. The first-order chi connectivity index (χ1) is 11.0. The topological polar surface area (TPSA) is 59.3 Å². The molecular formula is C18H19NO3S. The molecule has 1 N–H and O–H groups in total. The lowest BCUT2D eigenvalue weighted by Gasteiger charge is -2.21. The van der Waals surface area contributed by atoms with Gasteiger partial charge in [0.15, 0.2) is 0 Å². The molecule has 1 aromatic heterocycles. The maximum absolute atomic E-state index is 13.4. The van der Waals surface area contributed by atoms with Gasteiger partial charge in [0.05, 0.1) is 11.6 Å². The highest BCUT2D eigenvalue weighted by Gasteiger charge is 2.21. The van der Waals surface area contributed by atoms with Gasteiger partial charge in [-0.15, -0.1) is 0 Å². The van der Waals surface area contributed by atoms with Crippen LogP contribution in [-0.4, -0.2) is 18.9 Å². The Kier molecular flexibility index (Phi) is 3.92. The number of hydrogen-bond acceptors (Lipinski definition) is 3. The largest absolute Gasteiger partial charge is 0.389 e. The maximum atomic E-state index is 13.4. The van der Waals surface area contributed by atoms with Gasteiger partial charge in [0.25, 0.3) is 0 Å². The molecule has 3 aromatic rings. The summed E-state index contributed by atoms with van der Waals surface area (Å²) in [5.41, 5.74) is 3.01. The second-order valence-electron chi connectivity index (χ2n) is 5.68. The van der Waals surface area contributed by atoms with Crippen LogP contribution in [0.2, 0.25) is 0 Å². The number of aromatic nitrogens is 1. The summed E-state index contributed by atoms with van der Waals surface area (Å²) in [7, 11) is -3.42. The van der Waals surface area contributed by atoms with Crippen molar-refractivity contribution in [1.29, 1.82) is 0 Å². The third-order valence-electron chi connectivity index (χ3n) is 4.06. The highest BCUT2D eigenvalue weighted by molar-refractivity contribution is 8.13. The summed E-state index contributed by atoms with van der Waals surface area (Å²) in [6.07, 6.45) is 1.02. The number of nitrogens with zero attached hydrogens (tertiary/aromatic N) is 1. The predicted molar refractivity (Wildman–Crippen MR) is 93.7 cm³/mol. The predicted octanol–water partition coefficient (Wildman–Crippen LogP) is 3.03. The molecule has 0 radical (unpaired) electrons. The Morgan fingerprint density at radius 2 is 1.83 bits per heavy atom. The molecule has 0 amide bonds. The van der Waals surface area contributed by atoms with Gasteiger partial charge >= 0.3 is 0 Å². The molecule has 4 nitrogen and oxygen atoms in total. The van der Waals surface area contributed by atoms with E-state index in [9.17, 15) is 14.1 Å². The molecule has 1 atom stereocenters. The molecule has 1 heterocycles. The molecule has 0 aliphatic carbocycles. The van der Waals surface area contributed by atoms with Gasteiger partial charge in [-0.1, -0.05) is 29.8 Å². The van der Waals surface area contributed by atoms with Crippen LogP contribution in [-0.2, 0) is 14.9 Å². The standard InChI is InChI=1S/C18H19NO3S/c1-13-6-8-15(9-7-13)23(22,12-20)19-11-10-17-16(14(2)21)4-3-5-18(17)19/h3-12,14,21,23H,1-2H3. The van der Waals surface area contributed by atoms with Gasteiger partial charge < -0.3 is 5.11 Å². The van der Waals surface area contributed by atoms with E-state index < -0.39 is 16.2 Å². The molecule has 0 aliphatic heterocycles. The van der Waals surface area contributed by atoms with E-state index in [2.05, 4.69) is 0 Å². The lowest BCUT2D eigenvalue weighted by Crippen LogP contribution is -2.22. The van der Waals surface area contributed by atoms with Crippen molar-refractivity contribution in [3.05, 3.63) is 65.9 Å². The van der Waals surface area contributed by atoms with Crippen LogP contribution in [0.15, 0.2) is 59.6 Å². The van der Waals surface area contributed by atoms with Crippen molar-refractivity contribution in [1.82, 2.24) is 3.97 Å². The highest BCUT2D eigenvalue weighted by Crippen LogP contribution is 2.30. The molecule has 0 spiro atoms. The molecule has 5 heteroatoms. The van der Waals surface area contributed by atoms with Gasteiger partial charge in [-0.25, -0.2) is 0 Å². The molecular weight excluding hydrogens is 310 g/mol. The van der Waals surface area contributed by atoms with Gasteiger partial charge in [-0.05, 0) is 43.7 Å². The average molecular weight is 329 g/mol. The van der Waals surface area contributed by atoms with E-state index in [1.807, 2.05) is 31.2 Å². The molecule has 2 aromatic carbocycles. The number of thiol groups is 1. The van der Waals surface area contributed by atoms with Crippen LogP contribution in [0.3, 0.4) is 0 Å². The Bertz CT molecular complexity index is 910. The summed E-state index contributed by atoms with van der Waals surface area (Å²) in [4.78, 5) is 12.2. The van der Waals surface area contributed by atoms with Crippen LogP contribution in [0.5, 0.6) is 0 Å². The van der Waals surface area contributed by atoms with E-state index >= 15 is 0 Å². The van der Waals surface area contributed by atoms with Crippen molar-refractivity contribution in [2.45, 2.75) is 24.8 Å². The number of carbonyl (C=O) groups is 1. The van der Waals surface area contributed by atoms with E-state index in [1.54, 1.807) is 37.4 Å². The number of aliphatic hydroxyl groups excluding tert-OH is 1. The second-order valence-corrected chi connectivity index (χ2v) is 8.08. The zero-order chi connectivity index (χ0) is 16.6. The van der Waals surface area contributed by atoms with E-state index in [-0.39, 0.29) is 0 Å². The lowest BCUT2D eigenvalue weighted by molar-refractivity contribution is 0.201. The Hall–Kier alpha value is -2.24. The zero-order valence-electron chi connectivity index (χ0n) is 13.0. The summed E-state index contributed by atoms with van der Waals surface area (Å²) < 4.78 is 14.9. The third-order valence-corrected chi connectivity index (χ3v) is 6.38. The average Bonchev–Trinajstić information content (AvgIpc) is 2.99. The first-order valence-corrected chi connectivity index (χ1v) is 9.12. The molecule has 120 valence electrons. The fourth-order valence-corrected chi connectivity index (χ4v) is 4.60. The normalized spacial score (nSPS) is 13.9. The van der Waals surface area contributed by atoms with Gasteiger partial charge in [0.1, 0.15) is 0 Å². The van der Waals surface area contributed by atoms with Crippen LogP contribution in [0.1, 0.15) is 24.2 Å². The Labute approximate surface area is 135 Å². The minimum atomic E-state index is -3.42. The molecule has 0 fully saturated rings. The summed E-state index contributed by atoms with van der Waals surface area (Å²) in [5, 5.41) is 10.7. The van der Waals surface area contributed by atoms with Crippen LogP contribution >= 0.6 is 0 Å². The van der Waals surface area contributed by atoms with Crippen molar-refractivity contribution >= 4 is 26.6 Å². The second kappa shape index (κ2) is 5.76. The number of benzene rings is 2. The monoisotopic (exact) mass is 329 g/mol.